The second-order valence-electron chi connectivity index (χ2n) is 4.87. The Balaban J connectivity index is 2.20. The summed E-state index contributed by atoms with van der Waals surface area (Å²) >= 11 is 0. The molecule has 6 nitrogen and oxygen atoms in total. The lowest BCUT2D eigenvalue weighted by Gasteiger charge is -2.06. The Morgan fingerprint density at radius 3 is 2.52 bits per heavy atom. The van der Waals surface area contributed by atoms with Crippen LogP contribution in [0.1, 0.15) is 22.8 Å². The van der Waals surface area contributed by atoms with Gasteiger partial charge < -0.3 is 14.8 Å². The van der Waals surface area contributed by atoms with Crippen LogP contribution in [-0.2, 0) is 19.1 Å². The van der Waals surface area contributed by atoms with Crippen LogP contribution in [0.25, 0.3) is 6.08 Å². The monoisotopic (exact) mass is 315 g/mol. The Hall–Kier alpha value is -2.89. The van der Waals surface area contributed by atoms with Crippen LogP contribution in [0.3, 0.4) is 0 Å². The van der Waals surface area contributed by atoms with E-state index in [-0.39, 0.29) is 18.1 Å². The van der Waals surface area contributed by atoms with Gasteiger partial charge in [0.2, 0.25) is 0 Å². The number of nitrogens with one attached hydrogen (secondary N) is 1. The SMILES string of the molecule is C=C1NC(=Cc2ccc(C(=O)OC)cc2)C(=O)C1C(=O)OCC. The molecule has 1 saturated heterocycles. The van der Waals surface area contributed by atoms with Gasteiger partial charge in [-0.1, -0.05) is 18.7 Å². The number of allylic oxidation sites excluding steroid dienone is 1. The maximum absolute atomic E-state index is 12.3. The zero-order chi connectivity index (χ0) is 17.0. The summed E-state index contributed by atoms with van der Waals surface area (Å²) in [5, 5.41) is 2.81. The molecule has 1 heterocycles. The van der Waals surface area contributed by atoms with E-state index in [2.05, 4.69) is 16.6 Å². The fourth-order valence-corrected chi connectivity index (χ4v) is 2.20. The molecule has 0 bridgehead atoms. The molecule has 1 N–H and O–H groups in total. The minimum Gasteiger partial charge on any atom is -0.465 e. The maximum Gasteiger partial charge on any atom is 0.337 e. The summed E-state index contributed by atoms with van der Waals surface area (Å²) < 4.78 is 9.50. The van der Waals surface area contributed by atoms with Crippen LogP contribution in [-0.4, -0.2) is 31.4 Å². The fraction of sp³-hybridized carbons (Fsp3) is 0.235. The molecule has 1 aliphatic rings. The van der Waals surface area contributed by atoms with E-state index in [9.17, 15) is 14.4 Å². The first-order chi connectivity index (χ1) is 11.0. The molecule has 1 aliphatic heterocycles. The molecule has 0 saturated carbocycles. The molecule has 1 aromatic carbocycles. The summed E-state index contributed by atoms with van der Waals surface area (Å²) in [7, 11) is 1.31. The molecule has 6 heteroatoms. The number of esters is 2. The van der Waals surface area contributed by atoms with Crippen LogP contribution in [0, 0.1) is 5.92 Å². The second kappa shape index (κ2) is 6.91. The molecule has 0 aromatic heterocycles. The van der Waals surface area contributed by atoms with Crippen molar-refractivity contribution in [3.05, 3.63) is 53.4 Å². The summed E-state index contributed by atoms with van der Waals surface area (Å²) in [6.45, 7) is 5.57. The molecule has 120 valence electrons. The van der Waals surface area contributed by atoms with E-state index in [4.69, 9.17) is 4.74 Å². The van der Waals surface area contributed by atoms with Crippen LogP contribution in [0.2, 0.25) is 0 Å². The van der Waals surface area contributed by atoms with Gasteiger partial charge in [0, 0.05) is 5.70 Å². The Morgan fingerprint density at radius 1 is 1.30 bits per heavy atom. The third-order valence-corrected chi connectivity index (χ3v) is 3.34. The van der Waals surface area contributed by atoms with Crippen LogP contribution >= 0.6 is 0 Å². The lowest BCUT2D eigenvalue weighted by Crippen LogP contribution is -2.23. The highest BCUT2D eigenvalue weighted by molar-refractivity contribution is 6.15. The number of benzene rings is 1. The fourth-order valence-electron chi connectivity index (χ4n) is 2.20. The molecule has 1 atom stereocenters. The summed E-state index contributed by atoms with van der Waals surface area (Å²) in [5.74, 6) is -2.45. The normalized spacial score (nSPS) is 18.7. The first kappa shape index (κ1) is 16.5. The third kappa shape index (κ3) is 3.48. The summed E-state index contributed by atoms with van der Waals surface area (Å²) in [4.78, 5) is 35.5. The Kier molecular flexibility index (Phi) is 4.95. The van der Waals surface area contributed by atoms with E-state index in [1.165, 1.54) is 7.11 Å². The minimum absolute atomic E-state index is 0.198. The van der Waals surface area contributed by atoms with Crippen molar-refractivity contribution < 1.29 is 23.9 Å². The molecule has 23 heavy (non-hydrogen) atoms. The Bertz CT molecular complexity index is 687. The third-order valence-electron chi connectivity index (χ3n) is 3.34. The van der Waals surface area contributed by atoms with Crippen LogP contribution in [0.5, 0.6) is 0 Å². The lowest BCUT2D eigenvalue weighted by molar-refractivity contribution is -0.148. The Labute approximate surface area is 133 Å². The van der Waals surface area contributed by atoms with Gasteiger partial charge in [0.05, 0.1) is 25.0 Å². The van der Waals surface area contributed by atoms with E-state index in [0.29, 0.717) is 16.8 Å². The summed E-state index contributed by atoms with van der Waals surface area (Å²) in [5.41, 5.74) is 1.67. The van der Waals surface area contributed by atoms with Crippen LogP contribution in [0.4, 0.5) is 0 Å². The zero-order valence-electron chi connectivity index (χ0n) is 12.9. The van der Waals surface area contributed by atoms with Gasteiger partial charge in [-0.2, -0.15) is 0 Å². The smallest absolute Gasteiger partial charge is 0.337 e. The number of hydrogen-bond acceptors (Lipinski definition) is 6. The number of carbonyl (C=O) groups excluding carboxylic acids is 3. The van der Waals surface area contributed by atoms with Crippen LogP contribution in [0.15, 0.2) is 42.2 Å². The molecule has 0 spiro atoms. The molecule has 1 fully saturated rings. The van der Waals surface area contributed by atoms with Crippen molar-refractivity contribution >= 4 is 23.8 Å². The molecule has 0 amide bonds. The largest absolute Gasteiger partial charge is 0.465 e. The number of rotatable bonds is 4. The quantitative estimate of drug-likeness (QED) is 0.517. The number of ether oxygens (including phenoxy) is 2. The highest BCUT2D eigenvalue weighted by Gasteiger charge is 2.39. The van der Waals surface area contributed by atoms with Crippen molar-refractivity contribution in [1.82, 2.24) is 5.32 Å². The van der Waals surface area contributed by atoms with Crippen LogP contribution < -0.4 is 5.32 Å². The van der Waals surface area contributed by atoms with E-state index >= 15 is 0 Å². The molecule has 2 rings (SSSR count). The van der Waals surface area contributed by atoms with Crippen molar-refractivity contribution in [3.8, 4) is 0 Å². The van der Waals surface area contributed by atoms with Gasteiger partial charge in [-0.15, -0.1) is 0 Å². The topological polar surface area (TPSA) is 81.7 Å². The van der Waals surface area contributed by atoms with E-state index < -0.39 is 17.9 Å². The molecule has 0 aliphatic carbocycles. The highest BCUT2D eigenvalue weighted by atomic mass is 16.5. The number of Topliss-reactive ketones (excluding diaryl/α,β-unsaturated/α-hetero) is 1. The maximum atomic E-state index is 12.3. The van der Waals surface area contributed by atoms with Gasteiger partial charge in [0.25, 0.3) is 0 Å². The predicted octanol–water partition coefficient (Wildman–Crippen LogP) is 1.68. The molecule has 0 radical (unpaired) electrons. The zero-order valence-corrected chi connectivity index (χ0v) is 12.9. The van der Waals surface area contributed by atoms with E-state index in [0.717, 1.165) is 0 Å². The van der Waals surface area contributed by atoms with E-state index in [1.807, 2.05) is 0 Å². The van der Waals surface area contributed by atoms with Crippen molar-refractivity contribution in [1.29, 1.82) is 0 Å². The van der Waals surface area contributed by atoms with Gasteiger partial charge in [-0.25, -0.2) is 4.79 Å². The average molecular weight is 315 g/mol. The van der Waals surface area contributed by atoms with Gasteiger partial charge in [0.15, 0.2) is 11.7 Å². The minimum atomic E-state index is -1.02. The average Bonchev–Trinajstić information content (AvgIpc) is 2.81. The van der Waals surface area contributed by atoms with E-state index in [1.54, 1.807) is 37.3 Å². The Morgan fingerprint density at radius 2 is 1.96 bits per heavy atom. The van der Waals surface area contributed by atoms with Gasteiger partial charge in [-0.3, -0.25) is 9.59 Å². The number of carbonyl (C=O) groups is 3. The number of ketones is 1. The summed E-state index contributed by atoms with van der Waals surface area (Å²) in [6, 6.07) is 6.54. The lowest BCUT2D eigenvalue weighted by atomic mass is 10.0. The van der Waals surface area contributed by atoms with Crippen molar-refractivity contribution in [2.24, 2.45) is 5.92 Å². The van der Waals surface area contributed by atoms with Gasteiger partial charge in [-0.05, 0) is 30.7 Å². The number of hydrogen-bond donors (Lipinski definition) is 1. The predicted molar refractivity (Wildman–Crippen MR) is 83.2 cm³/mol. The van der Waals surface area contributed by atoms with Crippen molar-refractivity contribution in [3.63, 3.8) is 0 Å². The summed E-state index contributed by atoms with van der Waals surface area (Å²) in [6.07, 6.45) is 1.59. The second-order valence-corrected chi connectivity index (χ2v) is 4.87. The van der Waals surface area contributed by atoms with Gasteiger partial charge >= 0.3 is 11.9 Å². The molecular formula is C17H17NO5. The molecule has 1 unspecified atom stereocenters. The molecular weight excluding hydrogens is 298 g/mol. The van der Waals surface area contributed by atoms with Crippen molar-refractivity contribution in [2.75, 3.05) is 13.7 Å². The number of methoxy groups -OCH3 is 1. The standard InChI is InChI=1S/C17H17NO5/c1-4-23-17(21)14-10(2)18-13(15(14)19)9-11-5-7-12(8-6-11)16(20)22-3/h5-9,14,18H,2,4H2,1,3H3. The molecule has 1 aromatic rings. The first-order valence-electron chi connectivity index (χ1n) is 7.04. The van der Waals surface area contributed by atoms with Gasteiger partial charge in [0.1, 0.15) is 0 Å². The highest BCUT2D eigenvalue weighted by Crippen LogP contribution is 2.24. The van der Waals surface area contributed by atoms with Crippen molar-refractivity contribution in [2.45, 2.75) is 6.92 Å². The first-order valence-corrected chi connectivity index (χ1v) is 7.04.